The molecule has 0 amide bonds. The van der Waals surface area contributed by atoms with Crippen molar-refractivity contribution in [1.29, 1.82) is 0 Å². The molecule has 1 nitrogen and oxygen atoms in total. The number of aromatic nitrogens is 1. The van der Waals surface area contributed by atoms with Gasteiger partial charge in [0.15, 0.2) is 0 Å². The number of hydrogen-bond donors (Lipinski definition) is 0. The van der Waals surface area contributed by atoms with Crippen molar-refractivity contribution in [2.45, 2.75) is 26.2 Å². The quantitative estimate of drug-likeness (QED) is 0.663. The standard InChI is InChI=1S/C15H19N/c1-5-7-8-13(4)15-10-9-14(11-16-15)12(3)6-2/h5,7-12H,1,4,6H2,2-3H3/b8-7-. The van der Waals surface area contributed by atoms with Gasteiger partial charge >= 0.3 is 0 Å². The van der Waals surface area contributed by atoms with Gasteiger partial charge in [0.2, 0.25) is 0 Å². The molecule has 1 rings (SSSR count). The van der Waals surface area contributed by atoms with Crippen LogP contribution in [0.4, 0.5) is 0 Å². The molecule has 1 atom stereocenters. The first-order valence-corrected chi connectivity index (χ1v) is 5.63. The Morgan fingerprint density at radius 1 is 1.50 bits per heavy atom. The monoisotopic (exact) mass is 213 g/mol. The zero-order valence-electron chi connectivity index (χ0n) is 10.1. The number of allylic oxidation sites excluding steroid dienone is 4. The summed E-state index contributed by atoms with van der Waals surface area (Å²) in [5.41, 5.74) is 3.12. The van der Waals surface area contributed by atoms with Crippen LogP contribution in [0.25, 0.3) is 5.57 Å². The lowest BCUT2D eigenvalue weighted by Gasteiger charge is -2.08. The van der Waals surface area contributed by atoms with Gasteiger partial charge in [0, 0.05) is 6.20 Å². The van der Waals surface area contributed by atoms with Crippen LogP contribution in [0.1, 0.15) is 37.4 Å². The van der Waals surface area contributed by atoms with Crippen molar-refractivity contribution < 1.29 is 0 Å². The maximum absolute atomic E-state index is 4.42. The van der Waals surface area contributed by atoms with Gasteiger partial charge in [-0.1, -0.05) is 51.3 Å². The van der Waals surface area contributed by atoms with Crippen molar-refractivity contribution >= 4 is 5.57 Å². The van der Waals surface area contributed by atoms with Crippen LogP contribution >= 0.6 is 0 Å². The fraction of sp³-hybridized carbons (Fsp3) is 0.267. The predicted molar refractivity (Wildman–Crippen MR) is 71.3 cm³/mol. The van der Waals surface area contributed by atoms with E-state index in [-0.39, 0.29) is 0 Å². The molecule has 0 fully saturated rings. The Bertz CT molecular complexity index is 384. The molecule has 1 aromatic heterocycles. The minimum Gasteiger partial charge on any atom is -0.256 e. The molecule has 0 spiro atoms. The van der Waals surface area contributed by atoms with Gasteiger partial charge in [-0.05, 0) is 29.5 Å². The van der Waals surface area contributed by atoms with Crippen LogP contribution in [0.5, 0.6) is 0 Å². The molecule has 0 saturated heterocycles. The highest BCUT2D eigenvalue weighted by molar-refractivity contribution is 5.69. The highest BCUT2D eigenvalue weighted by Crippen LogP contribution is 2.19. The fourth-order valence-corrected chi connectivity index (χ4v) is 1.39. The lowest BCUT2D eigenvalue weighted by molar-refractivity contribution is 0.729. The average Bonchev–Trinajstić information content (AvgIpc) is 2.35. The van der Waals surface area contributed by atoms with Crippen molar-refractivity contribution in [1.82, 2.24) is 4.98 Å². The molecule has 0 aliphatic rings. The Hall–Kier alpha value is -1.63. The Morgan fingerprint density at radius 2 is 2.25 bits per heavy atom. The molecule has 0 aromatic carbocycles. The minimum atomic E-state index is 0.568. The van der Waals surface area contributed by atoms with E-state index in [0.717, 1.165) is 17.7 Å². The van der Waals surface area contributed by atoms with Gasteiger partial charge in [-0.2, -0.15) is 0 Å². The van der Waals surface area contributed by atoms with E-state index in [1.54, 1.807) is 6.08 Å². The van der Waals surface area contributed by atoms with E-state index in [4.69, 9.17) is 0 Å². The molecule has 0 N–H and O–H groups in total. The zero-order valence-corrected chi connectivity index (χ0v) is 10.1. The number of hydrogen-bond acceptors (Lipinski definition) is 1. The number of nitrogens with zero attached hydrogens (tertiary/aromatic N) is 1. The van der Waals surface area contributed by atoms with E-state index in [0.29, 0.717) is 5.92 Å². The molecule has 84 valence electrons. The SMILES string of the molecule is C=C/C=C\C(=C)c1ccc(C(C)CC)cn1. The summed E-state index contributed by atoms with van der Waals surface area (Å²) < 4.78 is 0. The maximum Gasteiger partial charge on any atom is 0.0696 e. The molecule has 1 heterocycles. The van der Waals surface area contributed by atoms with Crippen molar-refractivity contribution in [2.24, 2.45) is 0 Å². The van der Waals surface area contributed by atoms with Gasteiger partial charge in [-0.3, -0.25) is 4.98 Å². The lowest BCUT2D eigenvalue weighted by Crippen LogP contribution is -1.94. The van der Waals surface area contributed by atoms with Crippen molar-refractivity contribution in [2.75, 3.05) is 0 Å². The van der Waals surface area contributed by atoms with Crippen LogP contribution < -0.4 is 0 Å². The summed E-state index contributed by atoms with van der Waals surface area (Å²) in [6.45, 7) is 12.0. The lowest BCUT2D eigenvalue weighted by atomic mass is 10.00. The fourth-order valence-electron chi connectivity index (χ4n) is 1.39. The molecule has 0 radical (unpaired) electrons. The Labute approximate surface area is 98.2 Å². The second-order valence-corrected chi connectivity index (χ2v) is 3.91. The molecular formula is C15H19N. The van der Waals surface area contributed by atoms with Gasteiger partial charge in [-0.25, -0.2) is 0 Å². The van der Waals surface area contributed by atoms with E-state index in [1.807, 2.05) is 24.4 Å². The number of pyridine rings is 1. The highest BCUT2D eigenvalue weighted by atomic mass is 14.7. The van der Waals surface area contributed by atoms with Crippen LogP contribution in [0.15, 0.2) is 49.7 Å². The summed E-state index contributed by atoms with van der Waals surface area (Å²) in [4.78, 5) is 4.42. The summed E-state index contributed by atoms with van der Waals surface area (Å²) in [7, 11) is 0. The van der Waals surface area contributed by atoms with Gasteiger partial charge in [0.1, 0.15) is 0 Å². The van der Waals surface area contributed by atoms with Gasteiger partial charge in [0.25, 0.3) is 0 Å². The summed E-state index contributed by atoms with van der Waals surface area (Å²) in [5, 5.41) is 0. The largest absolute Gasteiger partial charge is 0.256 e. The van der Waals surface area contributed by atoms with Gasteiger partial charge in [-0.15, -0.1) is 0 Å². The molecule has 0 saturated carbocycles. The minimum absolute atomic E-state index is 0.568. The summed E-state index contributed by atoms with van der Waals surface area (Å²) >= 11 is 0. The van der Waals surface area contributed by atoms with E-state index >= 15 is 0 Å². The van der Waals surface area contributed by atoms with E-state index in [2.05, 4.69) is 38.1 Å². The summed E-state index contributed by atoms with van der Waals surface area (Å²) in [5.74, 6) is 0.568. The smallest absolute Gasteiger partial charge is 0.0696 e. The zero-order chi connectivity index (χ0) is 12.0. The van der Waals surface area contributed by atoms with E-state index < -0.39 is 0 Å². The Balaban J connectivity index is 2.82. The maximum atomic E-state index is 4.42. The molecule has 1 aromatic rings. The normalized spacial score (nSPS) is 12.6. The third-order valence-corrected chi connectivity index (χ3v) is 2.73. The highest BCUT2D eigenvalue weighted by Gasteiger charge is 2.03. The third-order valence-electron chi connectivity index (χ3n) is 2.73. The van der Waals surface area contributed by atoms with Crippen molar-refractivity contribution in [3.8, 4) is 0 Å². The molecular weight excluding hydrogens is 194 g/mol. The second kappa shape index (κ2) is 6.06. The predicted octanol–water partition coefficient (Wildman–Crippen LogP) is 4.35. The first kappa shape index (κ1) is 12.4. The van der Waals surface area contributed by atoms with E-state index in [1.165, 1.54) is 5.56 Å². The molecule has 0 aliphatic carbocycles. The van der Waals surface area contributed by atoms with Crippen molar-refractivity contribution in [3.05, 3.63) is 61.0 Å². The average molecular weight is 213 g/mol. The number of rotatable bonds is 5. The molecule has 1 heteroatoms. The molecule has 0 aliphatic heterocycles. The second-order valence-electron chi connectivity index (χ2n) is 3.91. The van der Waals surface area contributed by atoms with Crippen LogP contribution in [0.3, 0.4) is 0 Å². The van der Waals surface area contributed by atoms with Crippen LogP contribution in [0.2, 0.25) is 0 Å². The Kier molecular flexibility index (Phi) is 4.71. The van der Waals surface area contributed by atoms with Crippen LogP contribution in [0, 0.1) is 0 Å². The topological polar surface area (TPSA) is 12.9 Å². The summed E-state index contributed by atoms with van der Waals surface area (Å²) in [6, 6.07) is 4.15. The van der Waals surface area contributed by atoms with Gasteiger partial charge in [0.05, 0.1) is 5.69 Å². The van der Waals surface area contributed by atoms with Crippen molar-refractivity contribution in [3.63, 3.8) is 0 Å². The first-order valence-electron chi connectivity index (χ1n) is 5.63. The van der Waals surface area contributed by atoms with Gasteiger partial charge < -0.3 is 0 Å². The Morgan fingerprint density at radius 3 is 2.75 bits per heavy atom. The van der Waals surface area contributed by atoms with Crippen LogP contribution in [-0.4, -0.2) is 4.98 Å². The molecule has 16 heavy (non-hydrogen) atoms. The van der Waals surface area contributed by atoms with E-state index in [9.17, 15) is 0 Å². The van der Waals surface area contributed by atoms with Crippen LogP contribution in [-0.2, 0) is 0 Å². The summed E-state index contributed by atoms with van der Waals surface area (Å²) in [6.07, 6.45) is 8.60. The molecule has 1 unspecified atom stereocenters. The third kappa shape index (κ3) is 3.20. The first-order chi connectivity index (χ1) is 7.69. The molecule has 0 bridgehead atoms.